The van der Waals surface area contributed by atoms with E-state index in [0.717, 1.165) is 11.4 Å². The van der Waals surface area contributed by atoms with Crippen LogP contribution in [0.15, 0.2) is 0 Å². The third-order valence-corrected chi connectivity index (χ3v) is 5.66. The van der Waals surface area contributed by atoms with E-state index in [0.29, 0.717) is 12.3 Å². The molecule has 15 heavy (non-hydrogen) atoms. The number of nitrogens with one attached hydrogen (secondary N) is 1. The molecule has 0 aliphatic carbocycles. The lowest BCUT2D eigenvalue weighted by Crippen LogP contribution is -2.31. The summed E-state index contributed by atoms with van der Waals surface area (Å²) in [7, 11) is 0. The van der Waals surface area contributed by atoms with Crippen molar-refractivity contribution >= 4 is 24.1 Å². The zero-order valence-corrected chi connectivity index (χ0v) is 10.5. The maximum absolute atomic E-state index is 12.0. The van der Waals surface area contributed by atoms with Crippen LogP contribution < -0.4 is 10.8 Å². The van der Waals surface area contributed by atoms with E-state index in [1.807, 2.05) is 0 Å². The van der Waals surface area contributed by atoms with E-state index in [2.05, 4.69) is 5.09 Å². The first-order chi connectivity index (χ1) is 6.95. The van der Waals surface area contributed by atoms with Gasteiger partial charge in [-0.3, -0.25) is 9.36 Å². The fraction of sp³-hybridized carbons (Fsp3) is 0.857. The van der Waals surface area contributed by atoms with E-state index < -0.39 is 18.7 Å². The zero-order valence-electron chi connectivity index (χ0n) is 8.80. The molecule has 0 aromatic carbocycles. The molecule has 0 heterocycles. The van der Waals surface area contributed by atoms with Crippen LogP contribution in [0, 0.1) is 0 Å². The van der Waals surface area contributed by atoms with E-state index >= 15 is 0 Å². The molecular weight excluding hydrogens is 239 g/mol. The molecule has 0 amide bonds. The van der Waals surface area contributed by atoms with Crippen LogP contribution in [-0.2, 0) is 13.9 Å². The quantitative estimate of drug-likeness (QED) is 0.554. The Morgan fingerprint density at radius 1 is 1.73 bits per heavy atom. The Kier molecular flexibility index (Phi) is 7.21. The van der Waals surface area contributed by atoms with Gasteiger partial charge in [0.25, 0.3) is 0 Å². The van der Waals surface area contributed by atoms with Gasteiger partial charge in [-0.15, -0.1) is 0 Å². The first kappa shape index (κ1) is 14.9. The molecule has 0 saturated heterocycles. The molecule has 6 nitrogen and oxygen atoms in total. The topological polar surface area (TPSA) is 102 Å². The number of carboxylic acids is 1. The summed E-state index contributed by atoms with van der Waals surface area (Å²) in [5, 5.41) is 11.1. The molecule has 4 N–H and O–H groups in total. The monoisotopic (exact) mass is 256 g/mol. The third kappa shape index (κ3) is 6.17. The number of carbonyl (C=O) groups is 1. The fourth-order valence-corrected chi connectivity index (χ4v) is 4.52. The number of aliphatic carboxylic acids is 1. The average Bonchev–Trinajstić information content (AvgIpc) is 2.15. The Labute approximate surface area is 93.2 Å². The van der Waals surface area contributed by atoms with Gasteiger partial charge in [-0.1, -0.05) is 11.4 Å². The van der Waals surface area contributed by atoms with Gasteiger partial charge in [0, 0.05) is 12.3 Å². The van der Waals surface area contributed by atoms with Crippen LogP contribution in [0.5, 0.6) is 0 Å². The molecule has 2 atom stereocenters. The fourth-order valence-electron chi connectivity index (χ4n) is 0.747. The third-order valence-electron chi connectivity index (χ3n) is 1.40. The number of hydrogen-bond acceptors (Lipinski definition) is 5. The summed E-state index contributed by atoms with van der Waals surface area (Å²) >= 11 is 1.03. The van der Waals surface area contributed by atoms with E-state index in [4.69, 9.17) is 15.4 Å². The Balaban J connectivity index is 4.36. The number of rotatable bonds is 8. The molecule has 2 unspecified atom stereocenters. The molecule has 0 spiro atoms. The van der Waals surface area contributed by atoms with Crippen LogP contribution in [0.4, 0.5) is 0 Å². The van der Waals surface area contributed by atoms with Crippen LogP contribution in [0.2, 0.25) is 0 Å². The van der Waals surface area contributed by atoms with E-state index in [1.54, 1.807) is 6.92 Å². The molecule has 0 aliphatic rings. The largest absolute Gasteiger partial charge is 0.480 e. The van der Waals surface area contributed by atoms with Crippen molar-refractivity contribution in [2.75, 3.05) is 18.9 Å². The lowest BCUT2D eigenvalue weighted by molar-refractivity contribution is -0.138. The maximum Gasteiger partial charge on any atom is 0.327 e. The van der Waals surface area contributed by atoms with E-state index in [9.17, 15) is 9.36 Å². The standard InChI is InChI=1S/C7H17N2O4PS/c1-3-13-14(12,15-5-4-8)9-6(2)7(10)11/h6H,3-5,8H2,1-2H3,(H,9,12)(H,10,11). The zero-order chi connectivity index (χ0) is 11.9. The highest BCUT2D eigenvalue weighted by Crippen LogP contribution is 2.55. The van der Waals surface area contributed by atoms with Crippen molar-refractivity contribution in [3.8, 4) is 0 Å². The van der Waals surface area contributed by atoms with Crippen LogP contribution in [-0.4, -0.2) is 36.0 Å². The molecule has 0 rings (SSSR count). The van der Waals surface area contributed by atoms with Crippen molar-refractivity contribution in [2.24, 2.45) is 5.73 Å². The van der Waals surface area contributed by atoms with Crippen LogP contribution in [0.25, 0.3) is 0 Å². The molecule has 0 fully saturated rings. The van der Waals surface area contributed by atoms with Gasteiger partial charge >= 0.3 is 12.7 Å². The molecule has 0 aromatic rings. The Bertz CT molecular complexity index is 251. The molecule has 0 radical (unpaired) electrons. The van der Waals surface area contributed by atoms with E-state index in [-0.39, 0.29) is 6.61 Å². The Morgan fingerprint density at radius 2 is 2.33 bits per heavy atom. The first-order valence-corrected chi connectivity index (χ1v) is 7.76. The minimum atomic E-state index is -3.14. The predicted octanol–water partition coefficient (Wildman–Crippen LogP) is 0.886. The molecule has 8 heteroatoms. The second-order valence-corrected chi connectivity index (χ2v) is 7.12. The normalized spacial score (nSPS) is 17.0. The molecule has 90 valence electrons. The lowest BCUT2D eigenvalue weighted by atomic mass is 10.4. The van der Waals surface area contributed by atoms with Gasteiger partial charge in [0.2, 0.25) is 0 Å². The lowest BCUT2D eigenvalue weighted by Gasteiger charge is -2.19. The predicted molar refractivity (Wildman–Crippen MR) is 61.0 cm³/mol. The summed E-state index contributed by atoms with van der Waals surface area (Å²) < 4.78 is 17.0. The number of nitrogens with two attached hydrogens (primary N) is 1. The van der Waals surface area contributed by atoms with Gasteiger partial charge in [0.1, 0.15) is 6.04 Å². The Hall–Kier alpha value is -0.0700. The molecule has 0 aliphatic heterocycles. The van der Waals surface area contributed by atoms with Gasteiger partial charge < -0.3 is 15.4 Å². The summed E-state index contributed by atoms with van der Waals surface area (Å²) in [4.78, 5) is 10.6. The van der Waals surface area contributed by atoms with Gasteiger partial charge in [-0.05, 0) is 13.8 Å². The minimum absolute atomic E-state index is 0.258. The highest BCUT2D eigenvalue weighted by atomic mass is 32.7. The smallest absolute Gasteiger partial charge is 0.327 e. The van der Waals surface area contributed by atoms with Crippen molar-refractivity contribution in [2.45, 2.75) is 19.9 Å². The van der Waals surface area contributed by atoms with Gasteiger partial charge in [0.05, 0.1) is 6.61 Å². The first-order valence-electron chi connectivity index (χ1n) is 4.55. The summed E-state index contributed by atoms with van der Waals surface area (Å²) in [6, 6.07) is -0.910. The second-order valence-electron chi connectivity index (χ2n) is 2.73. The average molecular weight is 256 g/mol. The van der Waals surface area contributed by atoms with Crippen LogP contribution in [0.1, 0.15) is 13.8 Å². The molecule has 0 saturated carbocycles. The van der Waals surface area contributed by atoms with Gasteiger partial charge in [0.15, 0.2) is 0 Å². The van der Waals surface area contributed by atoms with Crippen LogP contribution in [0.3, 0.4) is 0 Å². The van der Waals surface area contributed by atoms with Gasteiger partial charge in [-0.25, -0.2) is 5.09 Å². The SMILES string of the molecule is CCOP(=O)(NC(C)C(=O)O)SCCN. The summed E-state index contributed by atoms with van der Waals surface area (Å²) in [5.74, 6) is -0.611. The molecule has 0 bridgehead atoms. The molecule has 0 aromatic heterocycles. The van der Waals surface area contributed by atoms with Crippen molar-refractivity contribution in [3.63, 3.8) is 0 Å². The summed E-state index contributed by atoms with van der Waals surface area (Å²) in [5.41, 5.74) is 5.28. The van der Waals surface area contributed by atoms with Crippen molar-refractivity contribution < 1.29 is 19.0 Å². The minimum Gasteiger partial charge on any atom is -0.480 e. The second kappa shape index (κ2) is 7.24. The highest BCUT2D eigenvalue weighted by molar-refractivity contribution is 8.56. The maximum atomic E-state index is 12.0. The summed E-state index contributed by atoms with van der Waals surface area (Å²) in [6.45, 7) is 0.595. The van der Waals surface area contributed by atoms with E-state index in [1.165, 1.54) is 6.92 Å². The summed E-state index contributed by atoms with van der Waals surface area (Å²) in [6.07, 6.45) is 0. The van der Waals surface area contributed by atoms with Crippen molar-refractivity contribution in [1.82, 2.24) is 5.09 Å². The molecular formula is C7H17N2O4PS. The van der Waals surface area contributed by atoms with Crippen molar-refractivity contribution in [1.29, 1.82) is 0 Å². The Morgan fingerprint density at radius 3 is 2.73 bits per heavy atom. The van der Waals surface area contributed by atoms with Crippen molar-refractivity contribution in [3.05, 3.63) is 0 Å². The van der Waals surface area contributed by atoms with Crippen LogP contribution >= 0.6 is 18.1 Å². The number of hydrogen-bond donors (Lipinski definition) is 3. The van der Waals surface area contributed by atoms with Gasteiger partial charge in [-0.2, -0.15) is 0 Å². The highest BCUT2D eigenvalue weighted by Gasteiger charge is 2.27. The number of carboxylic acid groups (broad SMARTS) is 1.